The van der Waals surface area contributed by atoms with E-state index in [1.807, 2.05) is 12.1 Å². The molecule has 2 aliphatic rings. The number of rotatable bonds is 5. The van der Waals surface area contributed by atoms with Gasteiger partial charge < -0.3 is 15.5 Å². The fourth-order valence-electron chi connectivity index (χ4n) is 4.11. The quantitative estimate of drug-likeness (QED) is 0.397. The molecule has 2 aromatic rings. The Morgan fingerprint density at radius 3 is 2.60 bits per heavy atom. The van der Waals surface area contributed by atoms with Crippen LogP contribution in [0.4, 0.5) is 11.8 Å². The highest BCUT2D eigenvalue weighted by atomic mass is 32.2. The lowest BCUT2D eigenvalue weighted by Crippen LogP contribution is -2.40. The molecule has 2 fully saturated rings. The van der Waals surface area contributed by atoms with Crippen LogP contribution in [-0.4, -0.2) is 43.7 Å². The number of nitrogens with one attached hydrogen (secondary N) is 2. The van der Waals surface area contributed by atoms with Crippen molar-refractivity contribution in [1.82, 2.24) is 25.3 Å². The fourth-order valence-corrected chi connectivity index (χ4v) is 5.08. The lowest BCUT2D eigenvalue weighted by Gasteiger charge is -2.34. The largest absolute Gasteiger partial charge is 0.360 e. The van der Waals surface area contributed by atoms with E-state index in [9.17, 15) is 0 Å². The third-order valence-electron chi connectivity index (χ3n) is 5.69. The third-order valence-corrected chi connectivity index (χ3v) is 6.72. The molecule has 1 aliphatic carbocycles. The van der Waals surface area contributed by atoms with Gasteiger partial charge in [-0.05, 0) is 69.1 Å². The molecule has 30 heavy (non-hydrogen) atoms. The Labute approximate surface area is 187 Å². The number of anilines is 2. The molecule has 2 aromatic heterocycles. The lowest BCUT2D eigenvalue weighted by molar-refractivity contribution is 0.414. The smallest absolute Gasteiger partial charge is 0.232 e. The number of piperidine rings is 1. The molecule has 3 heterocycles. The molecule has 2 N–H and O–H groups in total. The highest BCUT2D eigenvalue weighted by molar-refractivity contribution is 7.99. The van der Waals surface area contributed by atoms with Gasteiger partial charge in [0.15, 0.2) is 10.3 Å². The summed E-state index contributed by atoms with van der Waals surface area (Å²) in [7, 11) is 0. The van der Waals surface area contributed by atoms with E-state index in [4.69, 9.17) is 17.2 Å². The van der Waals surface area contributed by atoms with Crippen molar-refractivity contribution in [2.45, 2.75) is 80.6 Å². The van der Waals surface area contributed by atoms with Gasteiger partial charge >= 0.3 is 0 Å². The molecule has 0 amide bonds. The first-order valence-corrected chi connectivity index (χ1v) is 12.1. The SMILES string of the molecule is C[C@H]1CCCCN1c1cc(Sc2ncccn2)nc(NC(=S)NC2CCCCC2)n1. The van der Waals surface area contributed by atoms with Gasteiger partial charge in [0.2, 0.25) is 5.95 Å². The average Bonchev–Trinajstić information content (AvgIpc) is 2.75. The van der Waals surface area contributed by atoms with E-state index in [-0.39, 0.29) is 0 Å². The van der Waals surface area contributed by atoms with E-state index in [1.54, 1.807) is 12.4 Å². The minimum Gasteiger partial charge on any atom is -0.360 e. The Balaban J connectivity index is 1.53. The first kappa shape index (κ1) is 21.2. The highest BCUT2D eigenvalue weighted by Crippen LogP contribution is 2.30. The molecule has 0 spiro atoms. The normalized spacial score (nSPS) is 20.0. The zero-order chi connectivity index (χ0) is 20.8. The summed E-state index contributed by atoms with van der Waals surface area (Å²) in [4.78, 5) is 20.5. The second-order valence-electron chi connectivity index (χ2n) is 7.99. The van der Waals surface area contributed by atoms with Crippen LogP contribution in [0.2, 0.25) is 0 Å². The number of aromatic nitrogens is 4. The van der Waals surface area contributed by atoms with Crippen LogP contribution in [0.15, 0.2) is 34.7 Å². The molecule has 0 aromatic carbocycles. The number of nitrogens with zero attached hydrogens (tertiary/aromatic N) is 5. The molecule has 1 atom stereocenters. The Morgan fingerprint density at radius 2 is 1.83 bits per heavy atom. The molecule has 1 saturated carbocycles. The molecular formula is C21H29N7S2. The molecule has 9 heteroatoms. The average molecular weight is 444 g/mol. The van der Waals surface area contributed by atoms with Crippen molar-refractivity contribution < 1.29 is 0 Å². The molecule has 0 bridgehead atoms. The van der Waals surface area contributed by atoms with Crippen LogP contribution < -0.4 is 15.5 Å². The summed E-state index contributed by atoms with van der Waals surface area (Å²) < 4.78 is 0. The molecule has 1 saturated heterocycles. The van der Waals surface area contributed by atoms with Crippen LogP contribution in [0.1, 0.15) is 58.3 Å². The van der Waals surface area contributed by atoms with Gasteiger partial charge in [-0.25, -0.2) is 15.0 Å². The Morgan fingerprint density at radius 1 is 1.07 bits per heavy atom. The van der Waals surface area contributed by atoms with Crippen LogP contribution in [0.3, 0.4) is 0 Å². The van der Waals surface area contributed by atoms with Crippen LogP contribution in [0, 0.1) is 0 Å². The van der Waals surface area contributed by atoms with Gasteiger partial charge in [0, 0.05) is 37.1 Å². The lowest BCUT2D eigenvalue weighted by atomic mass is 9.96. The molecule has 160 valence electrons. The summed E-state index contributed by atoms with van der Waals surface area (Å²) in [6.07, 6.45) is 13.3. The van der Waals surface area contributed by atoms with E-state index >= 15 is 0 Å². The van der Waals surface area contributed by atoms with Crippen LogP contribution in [0.5, 0.6) is 0 Å². The van der Waals surface area contributed by atoms with E-state index in [1.165, 1.54) is 63.1 Å². The zero-order valence-corrected chi connectivity index (χ0v) is 19.0. The molecule has 7 nitrogen and oxygen atoms in total. The number of hydrogen-bond donors (Lipinski definition) is 2. The first-order chi connectivity index (χ1) is 14.7. The van der Waals surface area contributed by atoms with Crippen molar-refractivity contribution >= 4 is 40.9 Å². The van der Waals surface area contributed by atoms with Crippen molar-refractivity contribution in [3.63, 3.8) is 0 Å². The maximum Gasteiger partial charge on any atom is 0.232 e. The van der Waals surface area contributed by atoms with Gasteiger partial charge in [-0.1, -0.05) is 19.3 Å². The van der Waals surface area contributed by atoms with Crippen LogP contribution in [-0.2, 0) is 0 Å². The van der Waals surface area contributed by atoms with Gasteiger partial charge in [-0.2, -0.15) is 4.98 Å². The summed E-state index contributed by atoms with van der Waals surface area (Å²) in [5.41, 5.74) is 0. The van der Waals surface area contributed by atoms with Crippen molar-refractivity contribution in [3.05, 3.63) is 24.5 Å². The monoisotopic (exact) mass is 443 g/mol. The zero-order valence-electron chi connectivity index (χ0n) is 17.4. The maximum atomic E-state index is 5.57. The van der Waals surface area contributed by atoms with Crippen molar-refractivity contribution in [3.8, 4) is 0 Å². The standard InChI is InChI=1S/C21H29N7S2/c1-15-8-5-6-13-28(15)17-14-18(30-21-22-11-7-12-23-21)26-19(25-17)27-20(29)24-16-9-3-2-4-10-16/h7,11-12,14-16H,2-6,8-10,13H2,1H3,(H2,24,25,26,27,29)/t15-/m0/s1. The Hall–Kier alpha value is -2.00. The van der Waals surface area contributed by atoms with E-state index in [0.717, 1.165) is 17.4 Å². The van der Waals surface area contributed by atoms with Crippen LogP contribution >= 0.6 is 24.0 Å². The Bertz CT molecular complexity index is 843. The highest BCUT2D eigenvalue weighted by Gasteiger charge is 2.22. The topological polar surface area (TPSA) is 78.9 Å². The van der Waals surface area contributed by atoms with Gasteiger partial charge in [0.05, 0.1) is 0 Å². The van der Waals surface area contributed by atoms with Crippen LogP contribution in [0.25, 0.3) is 0 Å². The molecule has 0 unspecified atom stereocenters. The van der Waals surface area contributed by atoms with Gasteiger partial charge in [-0.3, -0.25) is 0 Å². The molecule has 0 radical (unpaired) electrons. The second kappa shape index (κ2) is 10.3. The van der Waals surface area contributed by atoms with Gasteiger partial charge in [0.1, 0.15) is 10.8 Å². The number of hydrogen-bond acceptors (Lipinski definition) is 7. The predicted molar refractivity (Wildman–Crippen MR) is 125 cm³/mol. The summed E-state index contributed by atoms with van der Waals surface area (Å²) in [5, 5.41) is 8.74. The predicted octanol–water partition coefficient (Wildman–Crippen LogP) is 4.42. The van der Waals surface area contributed by atoms with Gasteiger partial charge in [0.25, 0.3) is 0 Å². The summed E-state index contributed by atoms with van der Waals surface area (Å²) >= 11 is 7.01. The maximum absolute atomic E-state index is 5.57. The third kappa shape index (κ3) is 5.78. The van der Waals surface area contributed by atoms with E-state index < -0.39 is 0 Å². The minimum absolute atomic E-state index is 0.440. The van der Waals surface area contributed by atoms with Crippen molar-refractivity contribution in [2.24, 2.45) is 0 Å². The fraction of sp³-hybridized carbons (Fsp3) is 0.571. The second-order valence-corrected chi connectivity index (χ2v) is 9.39. The van der Waals surface area contributed by atoms with Gasteiger partial charge in [-0.15, -0.1) is 0 Å². The van der Waals surface area contributed by atoms with Crippen molar-refractivity contribution in [2.75, 3.05) is 16.8 Å². The molecule has 1 aliphatic heterocycles. The summed E-state index contributed by atoms with van der Waals surface area (Å²) in [6, 6.07) is 4.74. The van der Waals surface area contributed by atoms with E-state index in [2.05, 4.69) is 37.4 Å². The Kier molecular flexibility index (Phi) is 7.33. The van der Waals surface area contributed by atoms with Crippen molar-refractivity contribution in [1.29, 1.82) is 0 Å². The summed E-state index contributed by atoms with van der Waals surface area (Å²) in [6.45, 7) is 3.27. The number of thiocarbonyl (C=S) groups is 1. The first-order valence-electron chi connectivity index (χ1n) is 10.9. The molecule has 4 rings (SSSR count). The summed E-state index contributed by atoms with van der Waals surface area (Å²) in [5.74, 6) is 1.45. The van der Waals surface area contributed by atoms with E-state index in [0.29, 0.717) is 28.3 Å². The molecular weight excluding hydrogens is 414 g/mol. The minimum atomic E-state index is 0.440.